The van der Waals surface area contributed by atoms with E-state index in [1.54, 1.807) is 4.90 Å². The molecule has 0 aliphatic carbocycles. The molecule has 1 aromatic rings. The van der Waals surface area contributed by atoms with Gasteiger partial charge in [-0.3, -0.25) is 4.79 Å². The minimum absolute atomic E-state index is 0.0133. The van der Waals surface area contributed by atoms with Crippen molar-refractivity contribution < 1.29 is 14.3 Å². The number of alkyl halides is 1. The summed E-state index contributed by atoms with van der Waals surface area (Å²) in [6, 6.07) is 3.39. The van der Waals surface area contributed by atoms with E-state index in [9.17, 15) is 14.3 Å². The highest BCUT2D eigenvalue weighted by molar-refractivity contribution is 9.09. The smallest absolute Gasteiger partial charge is 0.257 e. The van der Waals surface area contributed by atoms with Crippen molar-refractivity contribution >= 4 is 21.8 Å². The first kappa shape index (κ1) is 14.0. The van der Waals surface area contributed by atoms with Gasteiger partial charge in [0, 0.05) is 18.4 Å². The van der Waals surface area contributed by atoms with Gasteiger partial charge in [-0.2, -0.15) is 0 Å². The molecule has 0 aromatic heterocycles. The van der Waals surface area contributed by atoms with Gasteiger partial charge in [-0.25, -0.2) is 4.39 Å². The summed E-state index contributed by atoms with van der Waals surface area (Å²) >= 11 is 3.26. The average Bonchev–Trinajstić information content (AvgIpc) is 2.31. The highest BCUT2D eigenvalue weighted by Gasteiger charge is 2.18. The van der Waals surface area contributed by atoms with Gasteiger partial charge in [0.1, 0.15) is 11.6 Å². The molecule has 0 saturated carbocycles. The van der Waals surface area contributed by atoms with E-state index < -0.39 is 5.82 Å². The summed E-state index contributed by atoms with van der Waals surface area (Å²) in [5.74, 6) is -1.06. The van der Waals surface area contributed by atoms with Crippen LogP contribution in [0.15, 0.2) is 18.2 Å². The molecule has 0 fully saturated rings. The van der Waals surface area contributed by atoms with Gasteiger partial charge in [-0.05, 0) is 24.6 Å². The summed E-state index contributed by atoms with van der Waals surface area (Å²) in [4.78, 5) is 13.7. The van der Waals surface area contributed by atoms with Crippen LogP contribution in [0.25, 0.3) is 0 Å². The lowest BCUT2D eigenvalue weighted by molar-refractivity contribution is 0.0763. The lowest BCUT2D eigenvalue weighted by atomic mass is 10.1. The van der Waals surface area contributed by atoms with E-state index in [-0.39, 0.29) is 17.2 Å². The third-order valence-corrected chi connectivity index (χ3v) is 2.68. The number of aromatic hydroxyl groups is 1. The molecule has 0 spiro atoms. The van der Waals surface area contributed by atoms with E-state index in [4.69, 9.17) is 0 Å². The van der Waals surface area contributed by atoms with E-state index in [1.165, 1.54) is 6.07 Å². The lowest BCUT2D eigenvalue weighted by Gasteiger charge is -2.21. The lowest BCUT2D eigenvalue weighted by Crippen LogP contribution is -2.33. The summed E-state index contributed by atoms with van der Waals surface area (Å²) in [7, 11) is 0. The molecule has 0 unspecified atom stereocenters. The first-order chi connectivity index (χ1) is 8.10. The minimum atomic E-state index is -0.526. The van der Waals surface area contributed by atoms with Gasteiger partial charge in [0.2, 0.25) is 0 Å². The van der Waals surface area contributed by atoms with Gasteiger partial charge in [-0.15, -0.1) is 0 Å². The molecule has 1 rings (SSSR count). The fourth-order valence-electron chi connectivity index (χ4n) is 1.54. The molecule has 94 valence electrons. The largest absolute Gasteiger partial charge is 0.507 e. The quantitative estimate of drug-likeness (QED) is 0.850. The monoisotopic (exact) mass is 303 g/mol. The highest BCUT2D eigenvalue weighted by Crippen LogP contribution is 2.20. The average molecular weight is 304 g/mol. The van der Waals surface area contributed by atoms with Crippen molar-refractivity contribution in [3.05, 3.63) is 29.6 Å². The van der Waals surface area contributed by atoms with Crippen LogP contribution in [-0.4, -0.2) is 34.3 Å². The first-order valence-electron chi connectivity index (χ1n) is 5.44. The molecule has 1 aromatic carbocycles. The molecule has 0 heterocycles. The van der Waals surface area contributed by atoms with Gasteiger partial charge in [-0.1, -0.05) is 22.9 Å². The molecule has 0 aliphatic rings. The number of amides is 1. The van der Waals surface area contributed by atoms with Crippen LogP contribution in [0.5, 0.6) is 5.75 Å². The molecule has 0 saturated heterocycles. The van der Waals surface area contributed by atoms with Crippen LogP contribution in [0, 0.1) is 5.82 Å². The Labute approximate surface area is 108 Å². The van der Waals surface area contributed by atoms with Crippen LogP contribution in [0.1, 0.15) is 23.7 Å². The summed E-state index contributed by atoms with van der Waals surface area (Å²) in [5, 5.41) is 10.2. The van der Waals surface area contributed by atoms with Gasteiger partial charge in [0.05, 0.1) is 5.56 Å². The van der Waals surface area contributed by atoms with Crippen LogP contribution in [0.3, 0.4) is 0 Å². The molecule has 0 bridgehead atoms. The second-order valence-electron chi connectivity index (χ2n) is 3.64. The normalized spacial score (nSPS) is 10.3. The number of nitrogens with zero attached hydrogens (tertiary/aromatic N) is 1. The maximum atomic E-state index is 13.1. The molecule has 0 atom stereocenters. The molecule has 0 aliphatic heterocycles. The number of halogens is 2. The molecule has 3 nitrogen and oxygen atoms in total. The number of carbonyl (C=O) groups is 1. The number of rotatable bonds is 5. The maximum Gasteiger partial charge on any atom is 0.257 e. The Morgan fingerprint density at radius 2 is 2.18 bits per heavy atom. The Bertz CT molecular complexity index is 392. The molecule has 5 heteroatoms. The minimum Gasteiger partial charge on any atom is -0.507 e. The zero-order valence-corrected chi connectivity index (χ0v) is 11.2. The molecular formula is C12H15BrFNO2. The van der Waals surface area contributed by atoms with Crippen LogP contribution >= 0.6 is 15.9 Å². The Balaban J connectivity index is 2.95. The highest BCUT2D eigenvalue weighted by atomic mass is 79.9. The fourth-order valence-corrected chi connectivity index (χ4v) is 1.96. The number of phenolic OH excluding ortho intramolecular Hbond substituents is 1. The zero-order chi connectivity index (χ0) is 12.8. The second-order valence-corrected chi connectivity index (χ2v) is 4.44. The van der Waals surface area contributed by atoms with Crippen molar-refractivity contribution in [1.82, 2.24) is 4.90 Å². The third-order valence-electron chi connectivity index (χ3n) is 2.32. The standard InChI is InChI=1S/C12H15BrFNO2/c1-2-6-15(7-5-13)12(17)10-8-9(14)3-4-11(10)16/h3-4,8,16H,2,5-7H2,1H3. The molecule has 1 N–H and O–H groups in total. The van der Waals surface area contributed by atoms with Crippen LogP contribution in [0.2, 0.25) is 0 Å². The van der Waals surface area contributed by atoms with Crippen molar-refractivity contribution in [3.8, 4) is 5.75 Å². The topological polar surface area (TPSA) is 40.5 Å². The Kier molecular flexibility index (Phi) is 5.41. The van der Waals surface area contributed by atoms with E-state index in [0.29, 0.717) is 18.4 Å². The number of carbonyl (C=O) groups excluding carboxylic acids is 1. The number of hydrogen-bond acceptors (Lipinski definition) is 2. The van der Waals surface area contributed by atoms with Crippen molar-refractivity contribution in [3.63, 3.8) is 0 Å². The first-order valence-corrected chi connectivity index (χ1v) is 6.56. The van der Waals surface area contributed by atoms with Crippen LogP contribution in [-0.2, 0) is 0 Å². The predicted molar refractivity (Wildman–Crippen MR) is 68.1 cm³/mol. The van der Waals surface area contributed by atoms with E-state index in [0.717, 1.165) is 18.6 Å². The summed E-state index contributed by atoms with van der Waals surface area (Å²) in [5.41, 5.74) is 0.0133. The number of hydrogen-bond donors (Lipinski definition) is 1. The van der Waals surface area contributed by atoms with Gasteiger partial charge in [0.25, 0.3) is 5.91 Å². The van der Waals surface area contributed by atoms with Gasteiger partial charge < -0.3 is 10.0 Å². The number of benzene rings is 1. The Morgan fingerprint density at radius 1 is 1.47 bits per heavy atom. The summed E-state index contributed by atoms with van der Waals surface area (Å²) in [6.07, 6.45) is 0.814. The van der Waals surface area contributed by atoms with Gasteiger partial charge in [0.15, 0.2) is 0 Å². The molecule has 0 radical (unpaired) electrons. The molecule has 1 amide bonds. The SMILES string of the molecule is CCCN(CCBr)C(=O)c1cc(F)ccc1O. The molecule has 17 heavy (non-hydrogen) atoms. The predicted octanol–water partition coefficient (Wildman–Crippen LogP) is 2.78. The zero-order valence-electron chi connectivity index (χ0n) is 9.62. The van der Waals surface area contributed by atoms with E-state index in [1.807, 2.05) is 6.92 Å². The Hall–Kier alpha value is -1.10. The Morgan fingerprint density at radius 3 is 2.76 bits per heavy atom. The summed E-state index contributed by atoms with van der Waals surface area (Å²) < 4.78 is 13.1. The van der Waals surface area contributed by atoms with Crippen LogP contribution in [0.4, 0.5) is 4.39 Å². The van der Waals surface area contributed by atoms with E-state index >= 15 is 0 Å². The maximum absolute atomic E-state index is 13.1. The van der Waals surface area contributed by atoms with Crippen molar-refractivity contribution in [1.29, 1.82) is 0 Å². The van der Waals surface area contributed by atoms with Crippen LogP contribution < -0.4 is 0 Å². The van der Waals surface area contributed by atoms with Crippen molar-refractivity contribution in [2.45, 2.75) is 13.3 Å². The van der Waals surface area contributed by atoms with Crippen molar-refractivity contribution in [2.24, 2.45) is 0 Å². The third kappa shape index (κ3) is 3.70. The fraction of sp³-hybridized carbons (Fsp3) is 0.417. The number of phenols is 1. The summed E-state index contributed by atoms with van der Waals surface area (Å²) in [6.45, 7) is 3.07. The van der Waals surface area contributed by atoms with Crippen molar-refractivity contribution in [2.75, 3.05) is 18.4 Å². The van der Waals surface area contributed by atoms with E-state index in [2.05, 4.69) is 15.9 Å². The second kappa shape index (κ2) is 6.59. The van der Waals surface area contributed by atoms with Gasteiger partial charge >= 0.3 is 0 Å². The molecular weight excluding hydrogens is 289 g/mol.